The lowest BCUT2D eigenvalue weighted by molar-refractivity contribution is 0.0505. The Morgan fingerprint density at radius 2 is 2.22 bits per heavy atom. The van der Waals surface area contributed by atoms with Crippen LogP contribution in [0.2, 0.25) is 0 Å². The molecule has 3 nitrogen and oxygen atoms in total. The maximum absolute atomic E-state index is 12.5. The van der Waals surface area contributed by atoms with Gasteiger partial charge < -0.3 is 4.90 Å². The molecule has 0 unspecified atom stereocenters. The molecule has 1 aliphatic heterocycles. The van der Waals surface area contributed by atoms with Gasteiger partial charge in [0.25, 0.3) is 5.91 Å². The number of thiazole rings is 1. The summed E-state index contributed by atoms with van der Waals surface area (Å²) in [6, 6.07) is 0. The molecule has 0 aromatic carbocycles. The molecule has 3 rings (SSSR count). The Hall–Kier alpha value is -0.900. The van der Waals surface area contributed by atoms with Crippen LogP contribution in [0.5, 0.6) is 0 Å². The van der Waals surface area contributed by atoms with Crippen molar-refractivity contribution in [1.82, 2.24) is 9.88 Å². The van der Waals surface area contributed by atoms with Crippen molar-refractivity contribution in [1.29, 1.82) is 0 Å². The van der Waals surface area contributed by atoms with Crippen LogP contribution in [0.1, 0.15) is 50.5 Å². The Kier molecular flexibility index (Phi) is 2.56. The van der Waals surface area contributed by atoms with Gasteiger partial charge in [0.2, 0.25) is 0 Å². The lowest BCUT2D eigenvalue weighted by Crippen LogP contribution is -2.47. The van der Waals surface area contributed by atoms with Crippen molar-refractivity contribution >= 4 is 17.2 Å². The van der Waals surface area contributed by atoms with Crippen molar-refractivity contribution in [2.24, 2.45) is 11.3 Å². The second-order valence-corrected chi connectivity index (χ2v) is 7.62. The molecule has 1 aromatic rings. The van der Waals surface area contributed by atoms with E-state index in [0.29, 0.717) is 17.0 Å². The van der Waals surface area contributed by atoms with Gasteiger partial charge in [-0.2, -0.15) is 0 Å². The van der Waals surface area contributed by atoms with Crippen LogP contribution in [-0.2, 0) is 0 Å². The molecule has 4 heteroatoms. The van der Waals surface area contributed by atoms with Crippen LogP contribution in [0.3, 0.4) is 0 Å². The van der Waals surface area contributed by atoms with Gasteiger partial charge in [-0.1, -0.05) is 13.8 Å². The highest BCUT2D eigenvalue weighted by Gasteiger charge is 2.52. The number of carbonyl (C=O) groups excluding carboxylic acids is 1. The lowest BCUT2D eigenvalue weighted by Gasteiger charge is -2.43. The minimum Gasteiger partial charge on any atom is -0.332 e. The molecule has 98 valence electrons. The number of nitrogens with zero attached hydrogens (tertiary/aromatic N) is 2. The summed E-state index contributed by atoms with van der Waals surface area (Å²) in [6.45, 7) is 7.82. The van der Waals surface area contributed by atoms with E-state index in [-0.39, 0.29) is 11.4 Å². The van der Waals surface area contributed by atoms with Crippen LogP contribution in [0.25, 0.3) is 0 Å². The van der Waals surface area contributed by atoms with E-state index in [4.69, 9.17) is 0 Å². The third-order valence-corrected chi connectivity index (χ3v) is 5.00. The average molecular weight is 264 g/mol. The summed E-state index contributed by atoms with van der Waals surface area (Å²) in [4.78, 5) is 18.8. The predicted octanol–water partition coefficient (Wildman–Crippen LogP) is 3.18. The lowest BCUT2D eigenvalue weighted by atomic mass is 9.67. The van der Waals surface area contributed by atoms with E-state index in [1.165, 1.54) is 17.8 Å². The molecule has 1 saturated carbocycles. The normalized spacial score (nSPS) is 33.7. The zero-order chi connectivity index (χ0) is 13.0. The van der Waals surface area contributed by atoms with E-state index in [9.17, 15) is 4.79 Å². The first-order chi connectivity index (χ1) is 8.40. The van der Waals surface area contributed by atoms with Gasteiger partial charge in [-0.3, -0.25) is 4.79 Å². The first kappa shape index (κ1) is 12.2. The molecule has 1 saturated heterocycles. The third kappa shape index (κ3) is 1.87. The molecule has 0 spiro atoms. The summed E-state index contributed by atoms with van der Waals surface area (Å²) in [5.74, 6) is 0.792. The average Bonchev–Trinajstić information content (AvgIpc) is 2.81. The Balaban J connectivity index is 1.89. The highest BCUT2D eigenvalue weighted by atomic mass is 32.1. The van der Waals surface area contributed by atoms with Crippen molar-refractivity contribution < 1.29 is 4.79 Å². The van der Waals surface area contributed by atoms with Gasteiger partial charge >= 0.3 is 0 Å². The van der Waals surface area contributed by atoms with Crippen molar-refractivity contribution in [2.45, 2.75) is 45.6 Å². The smallest absolute Gasteiger partial charge is 0.273 e. The summed E-state index contributed by atoms with van der Waals surface area (Å²) in [5.41, 5.74) is 2.75. The highest BCUT2D eigenvalue weighted by molar-refractivity contribution is 7.07. The summed E-state index contributed by atoms with van der Waals surface area (Å²) < 4.78 is 0. The molecule has 2 aliphatic rings. The molecule has 2 fully saturated rings. The van der Waals surface area contributed by atoms with Gasteiger partial charge in [0.1, 0.15) is 5.69 Å². The molecule has 18 heavy (non-hydrogen) atoms. The van der Waals surface area contributed by atoms with Crippen LogP contribution in [0.4, 0.5) is 0 Å². The van der Waals surface area contributed by atoms with Crippen LogP contribution in [0.15, 0.2) is 10.9 Å². The van der Waals surface area contributed by atoms with Crippen LogP contribution < -0.4 is 0 Å². The first-order valence-electron chi connectivity index (χ1n) is 6.60. The van der Waals surface area contributed by atoms with E-state index < -0.39 is 0 Å². The van der Waals surface area contributed by atoms with Crippen molar-refractivity contribution in [2.75, 3.05) is 6.54 Å². The number of carbonyl (C=O) groups is 1. The Morgan fingerprint density at radius 1 is 1.44 bits per heavy atom. The Bertz CT molecular complexity index is 468. The van der Waals surface area contributed by atoms with Gasteiger partial charge in [-0.25, -0.2) is 4.98 Å². The second kappa shape index (κ2) is 3.80. The molecule has 2 heterocycles. The standard InChI is InChI=1S/C14H20N2OS/c1-13(2)4-10-5-14(3,8-13)16(6-10)12(17)11-7-18-9-15-11/h7,9-10H,4-6,8H2,1-3H3/t10-,14-/m1/s1. The molecular formula is C14H20N2OS. The van der Waals surface area contributed by atoms with Gasteiger partial charge in [0.15, 0.2) is 0 Å². The fourth-order valence-corrected chi connectivity index (χ4v) is 4.77. The van der Waals surface area contributed by atoms with Crippen LogP contribution >= 0.6 is 11.3 Å². The minimum atomic E-state index is 0.0348. The number of rotatable bonds is 1. The molecular weight excluding hydrogens is 244 g/mol. The zero-order valence-corrected chi connectivity index (χ0v) is 12.1. The monoisotopic (exact) mass is 264 g/mol. The molecule has 0 N–H and O–H groups in total. The van der Waals surface area contributed by atoms with Crippen LogP contribution in [-0.4, -0.2) is 27.9 Å². The third-order valence-electron chi connectivity index (χ3n) is 4.42. The molecule has 0 radical (unpaired) electrons. The number of fused-ring (bicyclic) bond motifs is 2. The molecule has 1 aromatic heterocycles. The Labute approximate surface area is 112 Å². The molecule has 1 aliphatic carbocycles. The van der Waals surface area contributed by atoms with Gasteiger partial charge in [-0.15, -0.1) is 11.3 Å². The summed E-state index contributed by atoms with van der Waals surface area (Å²) in [7, 11) is 0. The quantitative estimate of drug-likeness (QED) is 0.780. The number of likely N-dealkylation sites (tertiary alicyclic amines) is 1. The zero-order valence-electron chi connectivity index (χ0n) is 11.3. The summed E-state index contributed by atoms with van der Waals surface area (Å²) >= 11 is 1.49. The molecule has 2 atom stereocenters. The van der Waals surface area contributed by atoms with E-state index in [2.05, 4.69) is 30.7 Å². The van der Waals surface area contributed by atoms with Gasteiger partial charge in [0, 0.05) is 17.5 Å². The fraction of sp³-hybridized carbons (Fsp3) is 0.714. The maximum atomic E-state index is 12.5. The van der Waals surface area contributed by atoms with E-state index in [0.717, 1.165) is 19.4 Å². The topological polar surface area (TPSA) is 33.2 Å². The fourth-order valence-electron chi connectivity index (χ4n) is 4.25. The second-order valence-electron chi connectivity index (χ2n) is 6.90. The highest BCUT2D eigenvalue weighted by Crippen LogP contribution is 2.51. The molecule has 2 bridgehead atoms. The SMILES string of the molecule is CC1(C)C[C@H]2CN(C(=O)c3cscn3)[C@](C)(C2)C1. The largest absolute Gasteiger partial charge is 0.332 e. The van der Waals surface area contributed by atoms with Crippen molar-refractivity contribution in [3.8, 4) is 0 Å². The van der Waals surface area contributed by atoms with Crippen molar-refractivity contribution in [3.63, 3.8) is 0 Å². The van der Waals surface area contributed by atoms with Crippen molar-refractivity contribution in [3.05, 3.63) is 16.6 Å². The van der Waals surface area contributed by atoms with Crippen LogP contribution in [0, 0.1) is 11.3 Å². The predicted molar refractivity (Wildman–Crippen MR) is 72.7 cm³/mol. The first-order valence-corrected chi connectivity index (χ1v) is 7.54. The summed E-state index contributed by atoms with van der Waals surface area (Å²) in [6.07, 6.45) is 3.50. The minimum absolute atomic E-state index is 0.0348. The molecule has 1 amide bonds. The Morgan fingerprint density at radius 3 is 2.89 bits per heavy atom. The van der Waals surface area contributed by atoms with Gasteiger partial charge in [0.05, 0.1) is 5.51 Å². The maximum Gasteiger partial charge on any atom is 0.273 e. The number of amides is 1. The van der Waals surface area contributed by atoms with E-state index in [1.54, 1.807) is 5.51 Å². The number of hydrogen-bond donors (Lipinski definition) is 0. The summed E-state index contributed by atoms with van der Waals surface area (Å²) in [5, 5.41) is 1.86. The number of hydrogen-bond acceptors (Lipinski definition) is 3. The van der Waals surface area contributed by atoms with E-state index >= 15 is 0 Å². The van der Waals surface area contributed by atoms with E-state index in [1.807, 2.05) is 5.38 Å². The van der Waals surface area contributed by atoms with Gasteiger partial charge in [-0.05, 0) is 37.5 Å². The number of aromatic nitrogens is 1.